The number of nitrogens with one attached hydrogen (secondary N) is 1. The fourth-order valence-electron chi connectivity index (χ4n) is 4.19. The number of hydrogen-bond donors (Lipinski definition) is 2. The standard InChI is InChI=1S/C21H18N2O3S/c1-11-18-20(17-3-2-8-27-17)19-15(22-21(18)26-23-11)9-13(10-16(19)25)12-4-6-14(24)7-5-12/h2-8,13,20,22,24H,9-10H2,1H3/t13-,20+/m0/s1. The fraction of sp³-hybridized carbons (Fsp3) is 0.238. The van der Waals surface area contributed by atoms with E-state index >= 15 is 0 Å². The summed E-state index contributed by atoms with van der Waals surface area (Å²) in [7, 11) is 0. The van der Waals surface area contributed by atoms with Gasteiger partial charge in [0.05, 0.1) is 17.2 Å². The average Bonchev–Trinajstić information content (AvgIpc) is 3.31. The SMILES string of the molecule is Cc1noc2c1[C@@H](c1cccs1)C1=C(C[C@H](c3ccc(O)cc3)CC1=O)N2. The molecule has 0 radical (unpaired) electrons. The van der Waals surface area contributed by atoms with E-state index in [1.807, 2.05) is 30.5 Å². The molecule has 27 heavy (non-hydrogen) atoms. The molecule has 136 valence electrons. The Morgan fingerprint density at radius 2 is 2.04 bits per heavy atom. The predicted molar refractivity (Wildman–Crippen MR) is 103 cm³/mol. The fourth-order valence-corrected chi connectivity index (χ4v) is 5.04. The molecular weight excluding hydrogens is 360 g/mol. The van der Waals surface area contributed by atoms with Crippen LogP contribution in [0, 0.1) is 6.92 Å². The van der Waals surface area contributed by atoms with Gasteiger partial charge in [-0.05, 0) is 48.4 Å². The number of aryl methyl sites for hydroxylation is 1. The number of hydrogen-bond acceptors (Lipinski definition) is 6. The summed E-state index contributed by atoms with van der Waals surface area (Å²) in [6, 6.07) is 11.2. The van der Waals surface area contributed by atoms with Crippen molar-refractivity contribution in [2.24, 2.45) is 0 Å². The van der Waals surface area contributed by atoms with Crippen LogP contribution in [0.15, 0.2) is 57.6 Å². The molecule has 2 atom stereocenters. The molecule has 3 heterocycles. The Kier molecular flexibility index (Phi) is 3.68. The van der Waals surface area contributed by atoms with Crippen molar-refractivity contribution in [3.8, 4) is 5.75 Å². The smallest absolute Gasteiger partial charge is 0.233 e. The minimum atomic E-state index is -0.115. The Hall–Kier alpha value is -2.86. The van der Waals surface area contributed by atoms with Crippen molar-refractivity contribution in [3.63, 3.8) is 0 Å². The van der Waals surface area contributed by atoms with Crippen LogP contribution in [0.3, 0.4) is 0 Å². The highest BCUT2D eigenvalue weighted by Crippen LogP contribution is 2.49. The number of rotatable bonds is 2. The van der Waals surface area contributed by atoms with E-state index in [1.165, 1.54) is 0 Å². The molecule has 0 saturated carbocycles. The zero-order chi connectivity index (χ0) is 18.5. The van der Waals surface area contributed by atoms with Gasteiger partial charge >= 0.3 is 0 Å². The number of benzene rings is 1. The Balaban J connectivity index is 1.60. The molecule has 2 N–H and O–H groups in total. The summed E-state index contributed by atoms with van der Waals surface area (Å²) in [6.45, 7) is 1.92. The van der Waals surface area contributed by atoms with Gasteiger partial charge < -0.3 is 14.9 Å². The van der Waals surface area contributed by atoms with Gasteiger partial charge in [-0.15, -0.1) is 11.3 Å². The number of carbonyl (C=O) groups is 1. The Bertz CT molecular complexity index is 1050. The van der Waals surface area contributed by atoms with Crippen molar-refractivity contribution >= 4 is 23.0 Å². The van der Waals surface area contributed by atoms with Gasteiger partial charge in [0.25, 0.3) is 0 Å². The van der Waals surface area contributed by atoms with E-state index < -0.39 is 0 Å². The van der Waals surface area contributed by atoms with Gasteiger partial charge in [-0.2, -0.15) is 0 Å². The van der Waals surface area contributed by atoms with Gasteiger partial charge in [0, 0.05) is 22.6 Å². The first-order valence-electron chi connectivity index (χ1n) is 8.93. The minimum Gasteiger partial charge on any atom is -0.508 e. The lowest BCUT2D eigenvalue weighted by atomic mass is 9.74. The number of aromatic hydroxyl groups is 1. The first-order chi connectivity index (χ1) is 13.1. The number of aromatic nitrogens is 1. The lowest BCUT2D eigenvalue weighted by Gasteiger charge is -2.34. The molecule has 5 rings (SSSR count). The monoisotopic (exact) mass is 378 g/mol. The van der Waals surface area contributed by atoms with Gasteiger partial charge in [0.2, 0.25) is 5.88 Å². The van der Waals surface area contributed by atoms with E-state index in [4.69, 9.17) is 4.52 Å². The number of fused-ring (bicyclic) bond motifs is 1. The maximum Gasteiger partial charge on any atom is 0.233 e. The number of Topliss-reactive ketones (excluding diaryl/α,β-unsaturated/α-hetero) is 1. The maximum absolute atomic E-state index is 13.2. The van der Waals surface area contributed by atoms with Gasteiger partial charge in [-0.1, -0.05) is 23.4 Å². The first-order valence-corrected chi connectivity index (χ1v) is 9.81. The van der Waals surface area contributed by atoms with Crippen molar-refractivity contribution in [1.29, 1.82) is 0 Å². The molecule has 6 heteroatoms. The summed E-state index contributed by atoms with van der Waals surface area (Å²) in [6.07, 6.45) is 1.19. The third-order valence-corrected chi connectivity index (χ3v) is 6.39. The molecule has 0 unspecified atom stereocenters. The predicted octanol–water partition coefficient (Wildman–Crippen LogP) is 4.71. The highest BCUT2D eigenvalue weighted by atomic mass is 32.1. The van der Waals surface area contributed by atoms with Crippen LogP contribution >= 0.6 is 11.3 Å². The number of anilines is 1. The van der Waals surface area contributed by atoms with Crippen molar-refractivity contribution in [3.05, 3.63) is 74.7 Å². The van der Waals surface area contributed by atoms with E-state index in [0.29, 0.717) is 12.3 Å². The van der Waals surface area contributed by atoms with E-state index in [-0.39, 0.29) is 23.4 Å². The zero-order valence-electron chi connectivity index (χ0n) is 14.7. The quantitative estimate of drug-likeness (QED) is 0.675. The molecule has 0 fully saturated rings. The summed E-state index contributed by atoms with van der Waals surface area (Å²) < 4.78 is 5.52. The van der Waals surface area contributed by atoms with E-state index in [2.05, 4.69) is 16.5 Å². The normalized spacial score (nSPS) is 21.6. The van der Waals surface area contributed by atoms with E-state index in [9.17, 15) is 9.90 Å². The lowest BCUT2D eigenvalue weighted by molar-refractivity contribution is -0.116. The molecule has 1 aliphatic heterocycles. The van der Waals surface area contributed by atoms with Crippen molar-refractivity contribution in [1.82, 2.24) is 5.16 Å². The molecule has 2 aliphatic rings. The second-order valence-corrected chi connectivity index (χ2v) is 8.08. The van der Waals surface area contributed by atoms with Crippen LogP contribution < -0.4 is 5.32 Å². The third-order valence-electron chi connectivity index (χ3n) is 5.45. The number of allylic oxidation sites excluding steroid dienone is 2. The molecular formula is C21H18N2O3S. The number of carbonyl (C=O) groups excluding carboxylic acids is 1. The summed E-state index contributed by atoms with van der Waals surface area (Å²) in [5, 5.41) is 19.0. The summed E-state index contributed by atoms with van der Waals surface area (Å²) in [4.78, 5) is 14.4. The van der Waals surface area contributed by atoms with Crippen LogP contribution in [0.25, 0.3) is 0 Å². The zero-order valence-corrected chi connectivity index (χ0v) is 15.5. The first kappa shape index (κ1) is 16.3. The Morgan fingerprint density at radius 1 is 1.22 bits per heavy atom. The molecule has 2 aromatic heterocycles. The number of thiophene rings is 1. The summed E-state index contributed by atoms with van der Waals surface area (Å²) in [5.74, 6) is 1.00. The molecule has 0 spiro atoms. The van der Waals surface area contributed by atoms with Gasteiger partial charge in [-0.3, -0.25) is 4.79 Å². The Labute approximate surface area is 160 Å². The van der Waals surface area contributed by atoms with E-state index in [0.717, 1.165) is 39.4 Å². The molecule has 1 aromatic carbocycles. The van der Waals surface area contributed by atoms with E-state index in [1.54, 1.807) is 23.5 Å². The van der Waals surface area contributed by atoms with Crippen molar-refractivity contribution in [2.75, 3.05) is 5.32 Å². The van der Waals surface area contributed by atoms with Crippen LogP contribution in [0.4, 0.5) is 5.88 Å². The number of nitrogens with zero attached hydrogens (tertiary/aromatic N) is 1. The van der Waals surface area contributed by atoms with Crippen molar-refractivity contribution < 1.29 is 14.4 Å². The summed E-state index contributed by atoms with van der Waals surface area (Å²) in [5.41, 5.74) is 4.60. The third kappa shape index (κ3) is 2.59. The van der Waals surface area contributed by atoms with Crippen LogP contribution in [-0.2, 0) is 4.79 Å². The Morgan fingerprint density at radius 3 is 2.78 bits per heavy atom. The average molecular weight is 378 g/mol. The maximum atomic E-state index is 13.2. The summed E-state index contributed by atoms with van der Waals surface area (Å²) >= 11 is 1.65. The number of phenols is 1. The lowest BCUT2D eigenvalue weighted by Crippen LogP contribution is -2.29. The highest BCUT2D eigenvalue weighted by Gasteiger charge is 2.41. The minimum absolute atomic E-state index is 0.0823. The highest BCUT2D eigenvalue weighted by molar-refractivity contribution is 7.10. The molecule has 5 nitrogen and oxygen atoms in total. The van der Waals surface area contributed by atoms with Crippen LogP contribution in [-0.4, -0.2) is 16.0 Å². The second kappa shape index (κ2) is 6.09. The van der Waals surface area contributed by atoms with Crippen LogP contribution in [0.2, 0.25) is 0 Å². The molecule has 1 aliphatic carbocycles. The molecule has 0 saturated heterocycles. The molecule has 0 amide bonds. The number of ketones is 1. The second-order valence-electron chi connectivity index (χ2n) is 7.10. The molecule has 0 bridgehead atoms. The largest absolute Gasteiger partial charge is 0.508 e. The van der Waals surface area contributed by atoms with Gasteiger partial charge in [-0.25, -0.2) is 0 Å². The molecule has 3 aromatic rings. The topological polar surface area (TPSA) is 75.4 Å². The van der Waals surface area contributed by atoms with Gasteiger partial charge in [0.15, 0.2) is 5.78 Å². The van der Waals surface area contributed by atoms with Crippen LogP contribution in [0.5, 0.6) is 5.75 Å². The number of phenolic OH excluding ortho intramolecular Hbond substituents is 1. The van der Waals surface area contributed by atoms with Crippen molar-refractivity contribution in [2.45, 2.75) is 31.6 Å². The van der Waals surface area contributed by atoms with Crippen LogP contribution in [0.1, 0.15) is 46.4 Å². The van der Waals surface area contributed by atoms with Gasteiger partial charge in [0.1, 0.15) is 5.75 Å².